The molecule has 0 heterocycles. The van der Waals surface area contributed by atoms with Crippen molar-refractivity contribution in [2.24, 2.45) is 0 Å². The Hall–Kier alpha value is -3.33. The molecule has 0 atom stereocenters. The molecule has 0 fully saturated rings. The van der Waals surface area contributed by atoms with Crippen molar-refractivity contribution in [3.63, 3.8) is 0 Å². The first kappa shape index (κ1) is 20.4. The summed E-state index contributed by atoms with van der Waals surface area (Å²) < 4.78 is 62.7. The van der Waals surface area contributed by atoms with Crippen LogP contribution in [0.25, 0.3) is 0 Å². The Morgan fingerprint density at radius 3 is 1.62 bits per heavy atom. The smallest absolute Gasteiger partial charge is 0.308 e. The Labute approximate surface area is 165 Å². The van der Waals surface area contributed by atoms with E-state index in [1.54, 1.807) is 18.2 Å². The van der Waals surface area contributed by atoms with Gasteiger partial charge in [-0.3, -0.25) is 0 Å². The number of hydrogen-bond acceptors (Lipinski definition) is 3. The molecule has 2 amide bonds. The molecule has 0 bridgehead atoms. The number of nitrogens with one attached hydrogen (secondary N) is 2. The van der Waals surface area contributed by atoms with E-state index < -0.39 is 27.6 Å². The summed E-state index contributed by atoms with van der Waals surface area (Å²) in [5.41, 5.74) is -0.320. The minimum Gasteiger partial charge on any atom is -0.308 e. The van der Waals surface area contributed by atoms with Crippen molar-refractivity contribution in [3.05, 3.63) is 84.4 Å². The van der Waals surface area contributed by atoms with Gasteiger partial charge in [0.15, 0.2) is 0 Å². The summed E-state index contributed by atoms with van der Waals surface area (Å²) in [6, 6.07) is 16.8. The lowest BCUT2D eigenvalue weighted by Gasteiger charge is -2.10. The lowest BCUT2D eigenvalue weighted by atomic mass is 10.2. The van der Waals surface area contributed by atoms with E-state index in [4.69, 9.17) is 0 Å². The number of carbonyl (C=O) groups excluding carboxylic acids is 1. The van der Waals surface area contributed by atoms with Crippen LogP contribution in [0.15, 0.2) is 88.7 Å². The van der Waals surface area contributed by atoms with E-state index in [0.717, 1.165) is 24.3 Å². The molecule has 0 radical (unpaired) electrons. The summed E-state index contributed by atoms with van der Waals surface area (Å²) in [6.45, 7) is 0. The zero-order valence-corrected chi connectivity index (χ0v) is 15.6. The first-order valence-electron chi connectivity index (χ1n) is 8.32. The summed E-state index contributed by atoms with van der Waals surface area (Å²) >= 11 is 0. The standard InChI is InChI=1S/C20H15F3N2O3S/c21-20(22,23)14-6-8-15(9-7-14)24-19(26)25-16-10-12-18(13-11-16)29(27,28)17-4-2-1-3-5-17/h1-13H,(H2,24,25,26). The highest BCUT2D eigenvalue weighted by Crippen LogP contribution is 2.30. The number of halogens is 3. The quantitative estimate of drug-likeness (QED) is 0.611. The third-order valence-corrected chi connectivity index (χ3v) is 5.73. The van der Waals surface area contributed by atoms with Crippen molar-refractivity contribution in [1.82, 2.24) is 0 Å². The highest BCUT2D eigenvalue weighted by molar-refractivity contribution is 7.91. The van der Waals surface area contributed by atoms with Crippen molar-refractivity contribution in [2.75, 3.05) is 10.6 Å². The minimum absolute atomic E-state index is 0.0670. The first-order valence-corrected chi connectivity index (χ1v) is 9.80. The van der Waals surface area contributed by atoms with Gasteiger partial charge in [-0.1, -0.05) is 18.2 Å². The van der Waals surface area contributed by atoms with Crippen LogP contribution in [-0.2, 0) is 16.0 Å². The zero-order chi connectivity index (χ0) is 21.1. The summed E-state index contributed by atoms with van der Waals surface area (Å²) in [4.78, 5) is 12.2. The molecule has 29 heavy (non-hydrogen) atoms. The van der Waals surface area contributed by atoms with E-state index in [0.29, 0.717) is 5.69 Å². The molecule has 0 aliphatic rings. The highest BCUT2D eigenvalue weighted by Gasteiger charge is 2.30. The van der Waals surface area contributed by atoms with Crippen LogP contribution in [0.1, 0.15) is 5.56 Å². The van der Waals surface area contributed by atoms with Crippen LogP contribution in [0.2, 0.25) is 0 Å². The molecule has 2 N–H and O–H groups in total. The number of anilines is 2. The van der Waals surface area contributed by atoms with Gasteiger partial charge in [0.2, 0.25) is 9.84 Å². The van der Waals surface area contributed by atoms with Crippen LogP contribution in [-0.4, -0.2) is 14.4 Å². The minimum atomic E-state index is -4.46. The van der Waals surface area contributed by atoms with E-state index in [1.165, 1.54) is 36.4 Å². The van der Waals surface area contributed by atoms with E-state index >= 15 is 0 Å². The Kier molecular flexibility index (Phi) is 5.60. The van der Waals surface area contributed by atoms with Gasteiger partial charge in [0.05, 0.1) is 15.4 Å². The van der Waals surface area contributed by atoms with Gasteiger partial charge in [-0.2, -0.15) is 13.2 Å². The third-order valence-electron chi connectivity index (χ3n) is 3.95. The molecule has 0 saturated carbocycles. The van der Waals surface area contributed by atoms with Gasteiger partial charge in [-0.15, -0.1) is 0 Å². The summed E-state index contributed by atoms with van der Waals surface area (Å²) in [6.07, 6.45) is -4.46. The molecular formula is C20H15F3N2O3S. The summed E-state index contributed by atoms with van der Waals surface area (Å²) in [5, 5.41) is 4.89. The van der Waals surface area contributed by atoms with E-state index in [2.05, 4.69) is 10.6 Å². The van der Waals surface area contributed by atoms with E-state index in [9.17, 15) is 26.4 Å². The number of rotatable bonds is 4. The number of amides is 2. The van der Waals surface area contributed by atoms with Crippen LogP contribution in [0.5, 0.6) is 0 Å². The second-order valence-corrected chi connectivity index (χ2v) is 7.94. The average Bonchev–Trinajstić information content (AvgIpc) is 2.69. The number of urea groups is 1. The van der Waals surface area contributed by atoms with Crippen molar-refractivity contribution in [1.29, 1.82) is 0 Å². The molecule has 0 aliphatic carbocycles. The molecule has 9 heteroatoms. The molecule has 150 valence electrons. The number of benzene rings is 3. The maximum Gasteiger partial charge on any atom is 0.416 e. The van der Waals surface area contributed by atoms with Gasteiger partial charge < -0.3 is 10.6 Å². The number of hydrogen-bond donors (Lipinski definition) is 2. The summed E-state index contributed by atoms with van der Waals surface area (Å²) in [5.74, 6) is 0. The monoisotopic (exact) mass is 420 g/mol. The fourth-order valence-corrected chi connectivity index (χ4v) is 3.77. The maximum atomic E-state index is 12.6. The Morgan fingerprint density at radius 1 is 0.690 bits per heavy atom. The van der Waals surface area contributed by atoms with Crippen molar-refractivity contribution < 1.29 is 26.4 Å². The van der Waals surface area contributed by atoms with Crippen LogP contribution in [0.3, 0.4) is 0 Å². The van der Waals surface area contributed by atoms with Crippen molar-refractivity contribution in [3.8, 4) is 0 Å². The van der Waals surface area contributed by atoms with Gasteiger partial charge in [0.25, 0.3) is 0 Å². The molecule has 3 aromatic carbocycles. The summed E-state index contributed by atoms with van der Waals surface area (Å²) in [7, 11) is -3.67. The molecule has 5 nitrogen and oxygen atoms in total. The topological polar surface area (TPSA) is 75.3 Å². The Balaban J connectivity index is 1.66. The first-order chi connectivity index (χ1) is 13.7. The van der Waals surface area contributed by atoms with Crippen LogP contribution >= 0.6 is 0 Å². The SMILES string of the molecule is O=C(Nc1ccc(C(F)(F)F)cc1)Nc1ccc(S(=O)(=O)c2ccccc2)cc1. The van der Waals surface area contributed by atoms with E-state index in [-0.39, 0.29) is 15.5 Å². The molecule has 0 saturated heterocycles. The predicted molar refractivity (Wildman–Crippen MR) is 102 cm³/mol. The molecule has 0 unspecified atom stereocenters. The van der Waals surface area contributed by atoms with Crippen molar-refractivity contribution in [2.45, 2.75) is 16.0 Å². The normalized spacial score (nSPS) is 11.7. The second-order valence-electron chi connectivity index (χ2n) is 6.00. The number of carbonyl (C=O) groups is 1. The van der Waals surface area contributed by atoms with Crippen LogP contribution < -0.4 is 10.6 Å². The molecule has 3 rings (SSSR count). The predicted octanol–water partition coefficient (Wildman–Crippen LogP) is 5.18. The number of sulfone groups is 1. The number of alkyl halides is 3. The third kappa shape index (κ3) is 4.94. The van der Waals surface area contributed by atoms with Crippen LogP contribution in [0, 0.1) is 0 Å². The molecule has 0 spiro atoms. The average molecular weight is 420 g/mol. The van der Waals surface area contributed by atoms with Crippen LogP contribution in [0.4, 0.5) is 29.3 Å². The van der Waals surface area contributed by atoms with Gasteiger partial charge in [-0.25, -0.2) is 13.2 Å². The zero-order valence-electron chi connectivity index (χ0n) is 14.8. The van der Waals surface area contributed by atoms with Gasteiger partial charge >= 0.3 is 12.2 Å². The van der Waals surface area contributed by atoms with Gasteiger partial charge in [-0.05, 0) is 60.7 Å². The Morgan fingerprint density at radius 2 is 1.14 bits per heavy atom. The fraction of sp³-hybridized carbons (Fsp3) is 0.0500. The molecule has 3 aromatic rings. The van der Waals surface area contributed by atoms with Gasteiger partial charge in [0, 0.05) is 11.4 Å². The van der Waals surface area contributed by atoms with Gasteiger partial charge in [0.1, 0.15) is 0 Å². The van der Waals surface area contributed by atoms with E-state index in [1.807, 2.05) is 0 Å². The fourth-order valence-electron chi connectivity index (χ4n) is 2.49. The highest BCUT2D eigenvalue weighted by atomic mass is 32.2. The maximum absolute atomic E-state index is 12.6. The lowest BCUT2D eigenvalue weighted by molar-refractivity contribution is -0.137. The second kappa shape index (κ2) is 7.96. The largest absolute Gasteiger partial charge is 0.416 e. The van der Waals surface area contributed by atoms with Crippen molar-refractivity contribution >= 4 is 27.2 Å². The molecule has 0 aliphatic heterocycles. The lowest BCUT2D eigenvalue weighted by Crippen LogP contribution is -2.19. The molecular weight excluding hydrogens is 405 g/mol. The Bertz CT molecular complexity index is 1100. The molecule has 0 aromatic heterocycles.